The zero-order valence-corrected chi connectivity index (χ0v) is 12.0. The highest BCUT2D eigenvalue weighted by atomic mass is 16.5. The van der Waals surface area contributed by atoms with Crippen LogP contribution in [0.5, 0.6) is 0 Å². The first-order chi connectivity index (χ1) is 8.63. The molecule has 1 aliphatic rings. The number of carbonyl (C=O) groups is 1. The number of esters is 1. The minimum atomic E-state index is -0.124. The van der Waals surface area contributed by atoms with Crippen molar-refractivity contribution in [1.29, 1.82) is 0 Å². The summed E-state index contributed by atoms with van der Waals surface area (Å²) in [5.74, 6) is 0.458. The molecule has 2 N–H and O–H groups in total. The summed E-state index contributed by atoms with van der Waals surface area (Å²) >= 11 is 0. The second-order valence-corrected chi connectivity index (χ2v) is 5.31. The first-order valence-corrected chi connectivity index (χ1v) is 7.16. The summed E-state index contributed by atoms with van der Waals surface area (Å²) in [6.45, 7) is 6.00. The zero-order chi connectivity index (χ0) is 13.5. The van der Waals surface area contributed by atoms with Gasteiger partial charge in [-0.2, -0.15) is 0 Å². The Bertz CT molecular complexity index is 258. The fourth-order valence-electron chi connectivity index (χ4n) is 3.21. The Kier molecular flexibility index (Phi) is 6.65. The summed E-state index contributed by atoms with van der Waals surface area (Å²) in [4.78, 5) is 13.8. The van der Waals surface area contributed by atoms with Gasteiger partial charge in [-0.1, -0.05) is 19.8 Å². The Morgan fingerprint density at radius 1 is 1.44 bits per heavy atom. The van der Waals surface area contributed by atoms with Gasteiger partial charge in [0.25, 0.3) is 0 Å². The molecule has 0 saturated heterocycles. The molecule has 106 valence electrons. The number of carbonyl (C=O) groups excluding carboxylic acids is 1. The van der Waals surface area contributed by atoms with Gasteiger partial charge in [0.05, 0.1) is 13.5 Å². The van der Waals surface area contributed by atoms with E-state index in [1.54, 1.807) is 0 Å². The van der Waals surface area contributed by atoms with Crippen LogP contribution >= 0.6 is 0 Å². The Morgan fingerprint density at radius 3 is 2.67 bits per heavy atom. The van der Waals surface area contributed by atoms with Crippen molar-refractivity contribution in [3.8, 4) is 0 Å². The molecule has 0 spiro atoms. The molecule has 1 saturated carbocycles. The third-order valence-corrected chi connectivity index (χ3v) is 4.22. The third kappa shape index (κ3) is 3.95. The third-order valence-electron chi connectivity index (χ3n) is 4.22. The van der Waals surface area contributed by atoms with Crippen LogP contribution in [0.2, 0.25) is 0 Å². The summed E-state index contributed by atoms with van der Waals surface area (Å²) in [7, 11) is 1.45. The summed E-state index contributed by atoms with van der Waals surface area (Å²) in [6.07, 6.45) is 5.48. The van der Waals surface area contributed by atoms with Crippen LogP contribution < -0.4 is 5.73 Å². The van der Waals surface area contributed by atoms with Crippen molar-refractivity contribution < 1.29 is 9.53 Å². The summed E-state index contributed by atoms with van der Waals surface area (Å²) in [5.41, 5.74) is 5.90. The summed E-state index contributed by atoms with van der Waals surface area (Å²) in [5, 5.41) is 0. The molecule has 1 aliphatic carbocycles. The number of ether oxygens (including phenoxy) is 1. The molecule has 1 rings (SSSR count). The number of nitrogens with two attached hydrogens (primary N) is 1. The minimum Gasteiger partial charge on any atom is -0.469 e. The van der Waals surface area contributed by atoms with Gasteiger partial charge < -0.3 is 10.5 Å². The number of nitrogens with zero attached hydrogens (tertiary/aromatic N) is 1. The first-order valence-electron chi connectivity index (χ1n) is 7.16. The molecule has 0 aromatic heterocycles. The highest BCUT2D eigenvalue weighted by molar-refractivity contribution is 5.69. The van der Waals surface area contributed by atoms with E-state index in [1.807, 2.05) is 0 Å². The fourth-order valence-corrected chi connectivity index (χ4v) is 3.21. The van der Waals surface area contributed by atoms with E-state index in [-0.39, 0.29) is 12.0 Å². The number of methoxy groups -OCH3 is 1. The van der Waals surface area contributed by atoms with Crippen molar-refractivity contribution in [3.63, 3.8) is 0 Å². The number of hydrogen-bond donors (Lipinski definition) is 1. The van der Waals surface area contributed by atoms with Gasteiger partial charge in [-0.25, -0.2) is 0 Å². The van der Waals surface area contributed by atoms with Crippen molar-refractivity contribution in [3.05, 3.63) is 0 Å². The number of hydrogen-bond acceptors (Lipinski definition) is 4. The highest BCUT2D eigenvalue weighted by Crippen LogP contribution is 2.29. The van der Waals surface area contributed by atoms with Gasteiger partial charge in [-0.15, -0.1) is 0 Å². The van der Waals surface area contributed by atoms with Crippen molar-refractivity contribution in [2.75, 3.05) is 20.2 Å². The van der Waals surface area contributed by atoms with Crippen molar-refractivity contribution in [2.45, 2.75) is 58.0 Å². The largest absolute Gasteiger partial charge is 0.469 e. The molecule has 0 radical (unpaired) electrons. The van der Waals surface area contributed by atoms with E-state index >= 15 is 0 Å². The molecule has 3 atom stereocenters. The Hall–Kier alpha value is -0.610. The zero-order valence-electron chi connectivity index (χ0n) is 12.0. The maximum atomic E-state index is 11.4. The lowest BCUT2D eigenvalue weighted by Gasteiger charge is -2.42. The predicted octanol–water partition coefficient (Wildman–Crippen LogP) is 1.78. The fraction of sp³-hybridized carbons (Fsp3) is 0.929. The molecule has 0 aliphatic heterocycles. The lowest BCUT2D eigenvalue weighted by molar-refractivity contribution is -0.142. The Labute approximate surface area is 111 Å². The van der Waals surface area contributed by atoms with Crippen LogP contribution in [0.1, 0.15) is 46.0 Å². The number of rotatable bonds is 6. The van der Waals surface area contributed by atoms with Crippen LogP contribution in [0.25, 0.3) is 0 Å². The van der Waals surface area contributed by atoms with E-state index in [1.165, 1.54) is 32.8 Å². The van der Waals surface area contributed by atoms with Gasteiger partial charge >= 0.3 is 5.97 Å². The SMILES string of the molecule is CCN(C(C)CC(=O)OC)C1CCCCC1CN. The van der Waals surface area contributed by atoms with Gasteiger partial charge in [-0.05, 0) is 38.8 Å². The van der Waals surface area contributed by atoms with Crippen LogP contribution in [0, 0.1) is 5.92 Å². The van der Waals surface area contributed by atoms with E-state index in [0.29, 0.717) is 18.4 Å². The van der Waals surface area contributed by atoms with Gasteiger partial charge in [0, 0.05) is 12.1 Å². The van der Waals surface area contributed by atoms with Crippen molar-refractivity contribution >= 4 is 5.97 Å². The van der Waals surface area contributed by atoms with E-state index in [2.05, 4.69) is 18.7 Å². The van der Waals surface area contributed by atoms with E-state index < -0.39 is 0 Å². The van der Waals surface area contributed by atoms with Crippen LogP contribution in [0.4, 0.5) is 0 Å². The topological polar surface area (TPSA) is 55.6 Å². The molecule has 4 heteroatoms. The van der Waals surface area contributed by atoms with Crippen LogP contribution in [-0.2, 0) is 9.53 Å². The minimum absolute atomic E-state index is 0.124. The Morgan fingerprint density at radius 2 is 2.11 bits per heavy atom. The Balaban J connectivity index is 2.64. The smallest absolute Gasteiger partial charge is 0.307 e. The predicted molar refractivity (Wildman–Crippen MR) is 73.3 cm³/mol. The normalized spacial score (nSPS) is 26.1. The molecule has 4 nitrogen and oxygen atoms in total. The molecule has 0 amide bonds. The molecular formula is C14H28N2O2. The molecule has 1 fully saturated rings. The van der Waals surface area contributed by atoms with Gasteiger partial charge in [0.1, 0.15) is 0 Å². The molecule has 0 aromatic carbocycles. The van der Waals surface area contributed by atoms with Gasteiger partial charge in [0.15, 0.2) is 0 Å². The first kappa shape index (κ1) is 15.4. The van der Waals surface area contributed by atoms with E-state index in [4.69, 9.17) is 10.5 Å². The van der Waals surface area contributed by atoms with Gasteiger partial charge in [0.2, 0.25) is 0 Å². The maximum Gasteiger partial charge on any atom is 0.307 e. The quantitative estimate of drug-likeness (QED) is 0.736. The molecule has 3 unspecified atom stereocenters. The average molecular weight is 256 g/mol. The average Bonchev–Trinajstić information content (AvgIpc) is 2.40. The van der Waals surface area contributed by atoms with Crippen LogP contribution in [0.15, 0.2) is 0 Å². The van der Waals surface area contributed by atoms with E-state index in [9.17, 15) is 4.79 Å². The monoisotopic (exact) mass is 256 g/mol. The van der Waals surface area contributed by atoms with E-state index in [0.717, 1.165) is 13.1 Å². The second kappa shape index (κ2) is 7.74. The lowest BCUT2D eigenvalue weighted by atomic mass is 9.83. The highest BCUT2D eigenvalue weighted by Gasteiger charge is 2.31. The standard InChI is InChI=1S/C14H28N2O2/c1-4-16(11(2)9-14(17)18-3)13-8-6-5-7-12(13)10-15/h11-13H,4-10,15H2,1-3H3. The van der Waals surface area contributed by atoms with Gasteiger partial charge in [-0.3, -0.25) is 9.69 Å². The second-order valence-electron chi connectivity index (χ2n) is 5.31. The molecular weight excluding hydrogens is 228 g/mol. The molecule has 0 aromatic rings. The summed E-state index contributed by atoms with van der Waals surface area (Å²) in [6, 6.07) is 0.771. The maximum absolute atomic E-state index is 11.4. The summed E-state index contributed by atoms with van der Waals surface area (Å²) < 4.78 is 4.77. The molecule has 0 bridgehead atoms. The molecule has 0 heterocycles. The van der Waals surface area contributed by atoms with Crippen LogP contribution in [0.3, 0.4) is 0 Å². The van der Waals surface area contributed by atoms with Crippen molar-refractivity contribution in [2.24, 2.45) is 11.7 Å². The lowest BCUT2D eigenvalue weighted by Crippen LogP contribution is -2.49. The van der Waals surface area contributed by atoms with Crippen LogP contribution in [-0.4, -0.2) is 43.2 Å². The molecule has 18 heavy (non-hydrogen) atoms. The van der Waals surface area contributed by atoms with Crippen molar-refractivity contribution in [1.82, 2.24) is 4.90 Å².